The van der Waals surface area contributed by atoms with Gasteiger partial charge in [-0.25, -0.2) is 4.21 Å². The molecule has 1 saturated carbocycles. The van der Waals surface area contributed by atoms with Crippen LogP contribution in [0.4, 0.5) is 5.69 Å². The fraction of sp³-hybridized carbons (Fsp3) is 0.391. The van der Waals surface area contributed by atoms with Crippen LogP contribution in [0.3, 0.4) is 0 Å². The van der Waals surface area contributed by atoms with E-state index in [1.807, 2.05) is 32.1 Å². The van der Waals surface area contributed by atoms with Crippen molar-refractivity contribution in [3.05, 3.63) is 59.0 Å². The van der Waals surface area contributed by atoms with E-state index in [2.05, 4.69) is 22.6 Å². The predicted octanol–water partition coefficient (Wildman–Crippen LogP) is 5.42. The quantitative estimate of drug-likeness (QED) is 0.673. The van der Waals surface area contributed by atoms with E-state index in [1.54, 1.807) is 24.3 Å². The molecule has 1 aromatic rings. The van der Waals surface area contributed by atoms with E-state index in [0.717, 1.165) is 35.1 Å². The number of anilines is 1. The first kappa shape index (κ1) is 22.0. The van der Waals surface area contributed by atoms with E-state index < -0.39 is 10.8 Å². The van der Waals surface area contributed by atoms with Crippen molar-refractivity contribution in [1.29, 1.82) is 0 Å². The van der Waals surface area contributed by atoms with Gasteiger partial charge in [-0.1, -0.05) is 32.1 Å². The Bertz CT molecular complexity index is 772. The topological polar surface area (TPSA) is 58.5 Å². The van der Waals surface area contributed by atoms with Crippen LogP contribution in [0, 0.1) is 5.92 Å². The van der Waals surface area contributed by atoms with E-state index in [4.69, 9.17) is 0 Å². The SMILES string of the molecule is C1=NCCC=C1C1CC1.CC.O=CNc1ccc(S(=O)C2=CCCC=C2)cc1. The summed E-state index contributed by atoms with van der Waals surface area (Å²) in [7, 11) is -1.12. The van der Waals surface area contributed by atoms with Crippen molar-refractivity contribution in [2.24, 2.45) is 10.9 Å². The van der Waals surface area contributed by atoms with Crippen molar-refractivity contribution in [1.82, 2.24) is 0 Å². The molecule has 2 aliphatic carbocycles. The van der Waals surface area contributed by atoms with Crippen LogP contribution in [0.1, 0.15) is 46.0 Å². The lowest BCUT2D eigenvalue weighted by atomic mass is 10.1. The zero-order valence-electron chi connectivity index (χ0n) is 16.8. The summed E-state index contributed by atoms with van der Waals surface area (Å²) < 4.78 is 12.2. The Morgan fingerprint density at radius 2 is 1.82 bits per heavy atom. The summed E-state index contributed by atoms with van der Waals surface area (Å²) in [4.78, 5) is 16.1. The number of aliphatic imine (C=N–C) groups is 1. The zero-order chi connectivity index (χ0) is 20.2. The Labute approximate surface area is 171 Å². The highest BCUT2D eigenvalue weighted by atomic mass is 32.2. The van der Waals surface area contributed by atoms with Crippen molar-refractivity contribution in [2.75, 3.05) is 11.9 Å². The molecule has 3 aliphatic rings. The summed E-state index contributed by atoms with van der Waals surface area (Å²) in [6.45, 7) is 5.01. The minimum atomic E-state index is -1.12. The van der Waals surface area contributed by atoms with Crippen LogP contribution in [0.2, 0.25) is 0 Å². The maximum absolute atomic E-state index is 12.2. The lowest BCUT2D eigenvalue weighted by Gasteiger charge is -2.07. The molecular weight excluding hydrogens is 368 g/mol. The Hall–Kier alpha value is -2.27. The van der Waals surface area contributed by atoms with Crippen LogP contribution in [0.25, 0.3) is 0 Å². The van der Waals surface area contributed by atoms with Gasteiger partial charge in [-0.15, -0.1) is 0 Å². The van der Waals surface area contributed by atoms with E-state index >= 15 is 0 Å². The number of rotatable bonds is 5. The molecule has 28 heavy (non-hydrogen) atoms. The van der Waals surface area contributed by atoms with Crippen LogP contribution < -0.4 is 5.32 Å². The van der Waals surface area contributed by atoms with Gasteiger partial charge in [-0.05, 0) is 73.9 Å². The van der Waals surface area contributed by atoms with Gasteiger partial charge in [-0.3, -0.25) is 9.79 Å². The molecule has 1 aromatic carbocycles. The van der Waals surface area contributed by atoms with Crippen molar-refractivity contribution in [3.8, 4) is 0 Å². The van der Waals surface area contributed by atoms with Crippen LogP contribution in [-0.2, 0) is 15.6 Å². The predicted molar refractivity (Wildman–Crippen MR) is 119 cm³/mol. The van der Waals surface area contributed by atoms with Gasteiger partial charge < -0.3 is 5.32 Å². The second kappa shape index (κ2) is 12.2. The maximum atomic E-state index is 12.2. The molecule has 5 heteroatoms. The van der Waals surface area contributed by atoms with Crippen molar-refractivity contribution in [2.45, 2.75) is 50.8 Å². The molecule has 0 radical (unpaired) electrons. The molecule has 1 unspecified atom stereocenters. The van der Waals surface area contributed by atoms with Gasteiger partial charge in [0.25, 0.3) is 0 Å². The molecule has 1 fully saturated rings. The van der Waals surface area contributed by atoms with Gasteiger partial charge >= 0.3 is 0 Å². The highest BCUT2D eigenvalue weighted by Crippen LogP contribution is 2.36. The molecule has 0 saturated heterocycles. The average Bonchev–Trinajstić information content (AvgIpc) is 3.63. The third-order valence-corrected chi connectivity index (χ3v) is 5.83. The normalized spacial score (nSPS) is 18.4. The molecule has 4 nitrogen and oxygen atoms in total. The minimum absolute atomic E-state index is 0.623. The molecule has 1 aliphatic heterocycles. The van der Waals surface area contributed by atoms with Gasteiger partial charge in [0.05, 0.1) is 10.8 Å². The molecule has 4 rings (SSSR count). The number of amides is 1. The maximum Gasteiger partial charge on any atom is 0.211 e. The van der Waals surface area contributed by atoms with E-state index in [-0.39, 0.29) is 0 Å². The lowest BCUT2D eigenvalue weighted by molar-refractivity contribution is -0.105. The van der Waals surface area contributed by atoms with Crippen molar-refractivity contribution in [3.63, 3.8) is 0 Å². The summed E-state index contributed by atoms with van der Waals surface area (Å²) in [5.74, 6) is 0.897. The first-order chi connectivity index (χ1) is 13.8. The Morgan fingerprint density at radius 1 is 1.07 bits per heavy atom. The van der Waals surface area contributed by atoms with Crippen LogP contribution >= 0.6 is 0 Å². The van der Waals surface area contributed by atoms with Crippen LogP contribution in [0.15, 0.2) is 68.9 Å². The number of hydrogen-bond acceptors (Lipinski definition) is 3. The Morgan fingerprint density at radius 3 is 2.36 bits per heavy atom. The largest absolute Gasteiger partial charge is 0.329 e. The molecular formula is C23H30N2O2S. The van der Waals surface area contributed by atoms with E-state index in [1.165, 1.54) is 24.8 Å². The van der Waals surface area contributed by atoms with Gasteiger partial charge in [0.15, 0.2) is 0 Å². The first-order valence-electron chi connectivity index (χ1n) is 10.1. The standard InChI is InChI=1S/C13H13NO2S.C8H11N.C2H6/c15-10-14-11-6-8-13(9-7-11)17(16)12-4-2-1-3-5-12;1-2-8(6-9-5-1)7-3-4-7;1-2/h2,4-10H,1,3H2,(H,14,15);2,6-7H,1,3-5H2;1-2H3. The van der Waals surface area contributed by atoms with Gasteiger partial charge in [0.2, 0.25) is 6.41 Å². The molecule has 150 valence electrons. The highest BCUT2D eigenvalue weighted by Gasteiger charge is 2.24. The monoisotopic (exact) mass is 398 g/mol. The van der Waals surface area contributed by atoms with Crippen LogP contribution in [0.5, 0.6) is 0 Å². The number of nitrogens with one attached hydrogen (secondary N) is 1. The van der Waals surface area contributed by atoms with Crippen molar-refractivity contribution < 1.29 is 9.00 Å². The van der Waals surface area contributed by atoms with Crippen LogP contribution in [-0.4, -0.2) is 23.4 Å². The number of allylic oxidation sites excluding steroid dienone is 4. The molecule has 1 N–H and O–H groups in total. The lowest BCUT2D eigenvalue weighted by Crippen LogP contribution is -1.98. The molecule has 0 spiro atoms. The fourth-order valence-corrected chi connectivity index (χ4v) is 3.97. The first-order valence-corrected chi connectivity index (χ1v) is 11.2. The highest BCUT2D eigenvalue weighted by molar-refractivity contribution is 7.89. The zero-order valence-corrected chi connectivity index (χ0v) is 17.6. The number of carbonyl (C=O) groups excluding carboxylic acids is 1. The van der Waals surface area contributed by atoms with Gasteiger partial charge in [0.1, 0.15) is 0 Å². The summed E-state index contributed by atoms with van der Waals surface area (Å²) in [6, 6.07) is 7.03. The molecule has 1 heterocycles. The third-order valence-electron chi connectivity index (χ3n) is 4.40. The average molecular weight is 399 g/mol. The minimum Gasteiger partial charge on any atom is -0.329 e. The van der Waals surface area contributed by atoms with Crippen molar-refractivity contribution >= 4 is 29.1 Å². The number of hydrogen-bond donors (Lipinski definition) is 1. The Kier molecular flexibility index (Phi) is 9.63. The summed E-state index contributed by atoms with van der Waals surface area (Å²) in [6.07, 6.45) is 16.9. The second-order valence-electron chi connectivity index (χ2n) is 6.44. The van der Waals surface area contributed by atoms with Gasteiger partial charge in [-0.2, -0.15) is 0 Å². The van der Waals surface area contributed by atoms with E-state index in [0.29, 0.717) is 12.1 Å². The number of carbonyl (C=O) groups is 1. The number of benzene rings is 1. The molecule has 1 atom stereocenters. The number of dihydropyridines is 1. The smallest absolute Gasteiger partial charge is 0.211 e. The molecule has 0 aromatic heterocycles. The summed E-state index contributed by atoms with van der Waals surface area (Å²) >= 11 is 0. The third kappa shape index (κ3) is 7.04. The number of nitrogens with zero attached hydrogens (tertiary/aromatic N) is 1. The summed E-state index contributed by atoms with van der Waals surface area (Å²) in [5, 5.41) is 2.55. The molecule has 0 bridgehead atoms. The molecule has 1 amide bonds. The Balaban J connectivity index is 0.000000213. The fourth-order valence-electron chi connectivity index (χ4n) is 2.82. The second-order valence-corrected chi connectivity index (χ2v) is 7.92. The van der Waals surface area contributed by atoms with E-state index in [9.17, 15) is 9.00 Å². The summed E-state index contributed by atoms with van der Waals surface area (Å²) in [5.41, 5.74) is 2.20. The van der Waals surface area contributed by atoms with Gasteiger partial charge in [0, 0.05) is 28.2 Å².